The Morgan fingerprint density at radius 1 is 0.968 bits per heavy atom. The molecular formula is C22H21N9. The molecule has 0 unspecified atom stereocenters. The van der Waals surface area contributed by atoms with E-state index in [0.717, 1.165) is 65.4 Å². The first kappa shape index (κ1) is 18.0. The van der Waals surface area contributed by atoms with Gasteiger partial charge in [0.15, 0.2) is 17.3 Å². The molecule has 9 nitrogen and oxygen atoms in total. The van der Waals surface area contributed by atoms with Crippen LogP contribution >= 0.6 is 0 Å². The van der Waals surface area contributed by atoms with Crippen molar-refractivity contribution in [2.45, 2.75) is 0 Å². The second-order valence-corrected chi connectivity index (χ2v) is 7.81. The lowest BCUT2D eigenvalue weighted by Gasteiger charge is -2.33. The van der Waals surface area contributed by atoms with Crippen LogP contribution in [0.4, 0.5) is 5.82 Å². The molecule has 0 amide bonds. The van der Waals surface area contributed by atoms with Crippen LogP contribution in [0.3, 0.4) is 0 Å². The molecular weight excluding hydrogens is 390 g/mol. The molecule has 0 aromatic carbocycles. The first-order valence-corrected chi connectivity index (χ1v) is 10.3. The lowest BCUT2D eigenvalue weighted by atomic mass is 10.1. The minimum absolute atomic E-state index is 0.699. The fourth-order valence-corrected chi connectivity index (χ4v) is 4.04. The molecule has 6 rings (SSSR count). The highest BCUT2D eigenvalue weighted by Crippen LogP contribution is 2.30. The maximum Gasteiger partial charge on any atom is 0.159 e. The van der Waals surface area contributed by atoms with Crippen molar-refractivity contribution in [1.82, 2.24) is 40.0 Å². The number of hydrogen-bond acceptors (Lipinski definition) is 7. The molecule has 1 aliphatic rings. The largest absolute Gasteiger partial charge is 0.352 e. The molecule has 31 heavy (non-hydrogen) atoms. The van der Waals surface area contributed by atoms with Crippen molar-refractivity contribution in [2.24, 2.45) is 0 Å². The summed E-state index contributed by atoms with van der Waals surface area (Å²) in [7, 11) is 2.15. The van der Waals surface area contributed by atoms with Gasteiger partial charge >= 0.3 is 0 Å². The van der Waals surface area contributed by atoms with Crippen molar-refractivity contribution < 1.29 is 0 Å². The first-order chi connectivity index (χ1) is 15.3. The summed E-state index contributed by atoms with van der Waals surface area (Å²) in [6.45, 7) is 3.91. The van der Waals surface area contributed by atoms with Crippen LogP contribution in [-0.2, 0) is 0 Å². The van der Waals surface area contributed by atoms with Gasteiger partial charge in [-0.2, -0.15) is 5.10 Å². The van der Waals surface area contributed by atoms with Gasteiger partial charge in [0, 0.05) is 50.3 Å². The molecule has 0 radical (unpaired) electrons. The second-order valence-electron chi connectivity index (χ2n) is 7.81. The number of nitrogens with one attached hydrogen (secondary N) is 2. The fourth-order valence-electron chi connectivity index (χ4n) is 4.04. The predicted molar refractivity (Wildman–Crippen MR) is 120 cm³/mol. The van der Waals surface area contributed by atoms with E-state index in [9.17, 15) is 0 Å². The van der Waals surface area contributed by atoms with Crippen LogP contribution in [0.5, 0.6) is 0 Å². The number of piperazine rings is 1. The summed E-state index contributed by atoms with van der Waals surface area (Å²) in [6, 6.07) is 9.85. The number of H-pyrrole nitrogens is 2. The van der Waals surface area contributed by atoms with E-state index in [1.165, 1.54) is 0 Å². The zero-order chi connectivity index (χ0) is 20.8. The average Bonchev–Trinajstić information content (AvgIpc) is 3.43. The quantitative estimate of drug-likeness (QED) is 0.471. The molecule has 1 fully saturated rings. The number of hydrogen-bond donors (Lipinski definition) is 2. The number of anilines is 1. The molecule has 1 aliphatic heterocycles. The van der Waals surface area contributed by atoms with Crippen LogP contribution in [0.2, 0.25) is 0 Å². The van der Waals surface area contributed by atoms with Crippen molar-refractivity contribution >= 4 is 27.9 Å². The van der Waals surface area contributed by atoms with Gasteiger partial charge in [-0.3, -0.25) is 10.1 Å². The van der Waals surface area contributed by atoms with Crippen molar-refractivity contribution in [2.75, 3.05) is 38.1 Å². The third-order valence-corrected chi connectivity index (χ3v) is 5.79. The molecule has 154 valence electrons. The Balaban J connectivity index is 1.44. The highest BCUT2D eigenvalue weighted by molar-refractivity contribution is 5.95. The van der Waals surface area contributed by atoms with Gasteiger partial charge in [0.2, 0.25) is 0 Å². The molecule has 5 aromatic heterocycles. The van der Waals surface area contributed by atoms with E-state index >= 15 is 0 Å². The van der Waals surface area contributed by atoms with Crippen LogP contribution in [0, 0.1) is 0 Å². The lowest BCUT2D eigenvalue weighted by Crippen LogP contribution is -2.44. The Kier molecular flexibility index (Phi) is 4.13. The summed E-state index contributed by atoms with van der Waals surface area (Å²) in [4.78, 5) is 26.6. The number of nitrogens with zero attached hydrogens (tertiary/aromatic N) is 7. The molecule has 6 heterocycles. The summed E-state index contributed by atoms with van der Waals surface area (Å²) in [6.07, 6.45) is 5.42. The second kappa shape index (κ2) is 7.13. The van der Waals surface area contributed by atoms with Gasteiger partial charge < -0.3 is 14.8 Å². The minimum atomic E-state index is 0.699. The van der Waals surface area contributed by atoms with Crippen LogP contribution in [0.15, 0.2) is 48.9 Å². The number of aromatic nitrogens is 7. The van der Waals surface area contributed by atoms with Crippen molar-refractivity contribution in [3.05, 3.63) is 48.9 Å². The Morgan fingerprint density at radius 3 is 2.71 bits per heavy atom. The van der Waals surface area contributed by atoms with Crippen molar-refractivity contribution in [3.63, 3.8) is 0 Å². The first-order valence-electron chi connectivity index (χ1n) is 10.3. The van der Waals surface area contributed by atoms with Crippen LogP contribution in [-0.4, -0.2) is 73.2 Å². The van der Waals surface area contributed by atoms with Gasteiger partial charge in [0.05, 0.1) is 16.6 Å². The van der Waals surface area contributed by atoms with E-state index in [4.69, 9.17) is 4.98 Å². The normalized spacial score (nSPS) is 15.2. The Bertz CT molecular complexity index is 1360. The summed E-state index contributed by atoms with van der Waals surface area (Å²) < 4.78 is 0. The van der Waals surface area contributed by atoms with E-state index < -0.39 is 0 Å². The van der Waals surface area contributed by atoms with Gasteiger partial charge in [-0.15, -0.1) is 0 Å². The number of aromatic amines is 2. The zero-order valence-electron chi connectivity index (χ0n) is 17.1. The number of fused-ring (bicyclic) bond motifs is 2. The van der Waals surface area contributed by atoms with E-state index in [-0.39, 0.29) is 0 Å². The predicted octanol–water partition coefficient (Wildman–Crippen LogP) is 2.71. The third kappa shape index (κ3) is 3.10. The summed E-state index contributed by atoms with van der Waals surface area (Å²) in [5, 5.41) is 8.42. The van der Waals surface area contributed by atoms with Gasteiger partial charge in [-0.25, -0.2) is 15.0 Å². The van der Waals surface area contributed by atoms with E-state index in [1.54, 1.807) is 12.4 Å². The van der Waals surface area contributed by atoms with E-state index in [2.05, 4.69) is 53.0 Å². The summed E-state index contributed by atoms with van der Waals surface area (Å²) in [5.74, 6) is 1.62. The maximum atomic E-state index is 4.90. The average molecular weight is 411 g/mol. The van der Waals surface area contributed by atoms with E-state index in [1.807, 2.05) is 30.5 Å². The third-order valence-electron chi connectivity index (χ3n) is 5.79. The smallest absolute Gasteiger partial charge is 0.159 e. The lowest BCUT2D eigenvalue weighted by molar-refractivity contribution is 0.312. The fraction of sp³-hybridized carbons (Fsp3) is 0.227. The van der Waals surface area contributed by atoms with Crippen LogP contribution < -0.4 is 4.90 Å². The van der Waals surface area contributed by atoms with Crippen molar-refractivity contribution in [1.29, 1.82) is 0 Å². The number of rotatable bonds is 3. The highest BCUT2D eigenvalue weighted by Gasteiger charge is 2.21. The minimum Gasteiger partial charge on any atom is -0.352 e. The van der Waals surface area contributed by atoms with Crippen LogP contribution in [0.1, 0.15) is 0 Å². The molecule has 0 aliphatic carbocycles. The highest BCUT2D eigenvalue weighted by atomic mass is 15.3. The Hall–Kier alpha value is -3.85. The summed E-state index contributed by atoms with van der Waals surface area (Å²) >= 11 is 0. The molecule has 0 bridgehead atoms. The Morgan fingerprint density at radius 2 is 1.87 bits per heavy atom. The number of pyridine rings is 3. The monoisotopic (exact) mass is 411 g/mol. The summed E-state index contributed by atoms with van der Waals surface area (Å²) in [5.41, 5.74) is 5.08. The standard InChI is InChI=1S/C22H21N9/c1-30-8-10-31(11-9-30)22-19-17(5-7-24-22)26-21(27-19)18-15-12-14(13-25-20(15)29-28-18)16-4-2-3-6-23-16/h2-7,12-13H,8-11H2,1H3,(H,26,27)(H,25,28,29). The molecule has 2 N–H and O–H groups in total. The topological polar surface area (TPSA) is 103 Å². The van der Waals surface area contributed by atoms with Gasteiger partial charge in [-0.1, -0.05) is 6.07 Å². The zero-order valence-corrected chi connectivity index (χ0v) is 17.1. The number of imidazole rings is 1. The molecule has 0 atom stereocenters. The molecule has 5 aromatic rings. The SMILES string of the molecule is CN1CCN(c2nccc3[nH]c(-c4n[nH]c5ncc(-c6ccccn6)cc45)nc23)CC1. The van der Waals surface area contributed by atoms with Gasteiger partial charge in [0.25, 0.3) is 0 Å². The molecule has 9 heteroatoms. The number of likely N-dealkylation sites (N-methyl/N-ethyl adjacent to an activating group) is 1. The maximum absolute atomic E-state index is 4.90. The molecule has 1 saturated heterocycles. The van der Waals surface area contributed by atoms with E-state index in [0.29, 0.717) is 11.5 Å². The van der Waals surface area contributed by atoms with Crippen molar-refractivity contribution in [3.8, 4) is 22.8 Å². The Labute approximate surface area is 178 Å². The molecule has 0 spiro atoms. The van der Waals surface area contributed by atoms with Gasteiger partial charge in [0.1, 0.15) is 11.2 Å². The van der Waals surface area contributed by atoms with Crippen LogP contribution in [0.25, 0.3) is 44.8 Å². The molecule has 0 saturated carbocycles. The van der Waals surface area contributed by atoms with Gasteiger partial charge in [-0.05, 0) is 31.3 Å².